The van der Waals surface area contributed by atoms with Crippen molar-refractivity contribution < 1.29 is 19.4 Å². The summed E-state index contributed by atoms with van der Waals surface area (Å²) >= 11 is 0. The number of carbonyl (C=O) groups is 2. The predicted molar refractivity (Wildman–Crippen MR) is 71.4 cm³/mol. The van der Waals surface area contributed by atoms with Crippen LogP contribution in [0.2, 0.25) is 0 Å². The number of nitrogens with one attached hydrogen (secondary N) is 1. The van der Waals surface area contributed by atoms with Gasteiger partial charge in [-0.3, -0.25) is 4.79 Å². The molecule has 0 aliphatic rings. The topological polar surface area (TPSA) is 102 Å². The van der Waals surface area contributed by atoms with Gasteiger partial charge in [-0.05, 0) is 18.6 Å². The number of carboxylic acid groups (broad SMARTS) is 1. The molecule has 1 aromatic rings. The second-order valence-electron chi connectivity index (χ2n) is 3.84. The Bertz CT molecular complexity index is 499. The van der Waals surface area contributed by atoms with E-state index in [-0.39, 0.29) is 17.2 Å². The maximum absolute atomic E-state index is 11.7. The van der Waals surface area contributed by atoms with E-state index < -0.39 is 12.0 Å². The van der Waals surface area contributed by atoms with Crippen LogP contribution in [0.5, 0.6) is 5.75 Å². The van der Waals surface area contributed by atoms with E-state index in [1.165, 1.54) is 25.3 Å². The van der Waals surface area contributed by atoms with Gasteiger partial charge in [0.15, 0.2) is 0 Å². The highest BCUT2D eigenvalue weighted by molar-refractivity contribution is 5.96. The van der Waals surface area contributed by atoms with Crippen LogP contribution in [0.3, 0.4) is 0 Å². The monoisotopic (exact) mass is 264 g/mol. The summed E-state index contributed by atoms with van der Waals surface area (Å²) in [5.41, 5.74) is 6.06. The van der Waals surface area contributed by atoms with E-state index in [2.05, 4.69) is 11.9 Å². The first-order valence-electron chi connectivity index (χ1n) is 5.58. The highest BCUT2D eigenvalue weighted by Gasteiger charge is 2.15. The summed E-state index contributed by atoms with van der Waals surface area (Å²) in [5, 5.41) is 11.5. The number of amides is 1. The van der Waals surface area contributed by atoms with Crippen molar-refractivity contribution in [2.45, 2.75) is 12.5 Å². The zero-order valence-corrected chi connectivity index (χ0v) is 10.6. The molecule has 1 aromatic carbocycles. The van der Waals surface area contributed by atoms with Crippen LogP contribution < -0.4 is 15.8 Å². The number of methoxy groups -OCH3 is 1. The number of carboxylic acids is 1. The smallest absolute Gasteiger partial charge is 0.339 e. The Labute approximate surface area is 110 Å². The Balaban J connectivity index is 2.88. The number of rotatable bonds is 6. The zero-order chi connectivity index (χ0) is 14.4. The molecule has 0 bridgehead atoms. The molecule has 0 heterocycles. The van der Waals surface area contributed by atoms with Gasteiger partial charge < -0.3 is 20.9 Å². The predicted octanol–water partition coefficient (Wildman–Crippen LogP) is 1.24. The molecule has 0 radical (unpaired) electrons. The number of carbonyl (C=O) groups excluding carboxylic acids is 1. The minimum atomic E-state index is -1.10. The van der Waals surface area contributed by atoms with Gasteiger partial charge in [-0.25, -0.2) is 4.79 Å². The number of aromatic carboxylic acids is 1. The molecule has 1 atom stereocenters. The van der Waals surface area contributed by atoms with E-state index in [1.807, 2.05) is 0 Å². The van der Waals surface area contributed by atoms with Gasteiger partial charge in [0.1, 0.15) is 11.3 Å². The molecule has 6 heteroatoms. The summed E-state index contributed by atoms with van der Waals surface area (Å²) in [6.45, 7) is 3.50. The molecule has 0 spiro atoms. The van der Waals surface area contributed by atoms with Gasteiger partial charge in [-0.2, -0.15) is 0 Å². The summed E-state index contributed by atoms with van der Waals surface area (Å²) in [6, 6.07) is 3.57. The van der Waals surface area contributed by atoms with Crippen LogP contribution in [0, 0.1) is 0 Å². The standard InChI is InChI=1S/C13H16N2O4/c1-3-4-10(14)12(16)15-8-5-6-9(13(17)18)11(7-8)19-2/h3,5-7,10H,1,4,14H2,2H3,(H,15,16)(H,17,18). The van der Waals surface area contributed by atoms with Crippen molar-refractivity contribution in [2.24, 2.45) is 5.73 Å². The van der Waals surface area contributed by atoms with Crippen LogP contribution in [-0.4, -0.2) is 30.1 Å². The molecule has 1 amide bonds. The summed E-state index contributed by atoms with van der Waals surface area (Å²) in [7, 11) is 1.36. The lowest BCUT2D eigenvalue weighted by molar-refractivity contribution is -0.117. The van der Waals surface area contributed by atoms with Gasteiger partial charge in [0.05, 0.1) is 13.2 Å². The van der Waals surface area contributed by atoms with Crippen LogP contribution >= 0.6 is 0 Å². The van der Waals surface area contributed by atoms with Crippen molar-refractivity contribution in [1.82, 2.24) is 0 Å². The number of nitrogens with two attached hydrogens (primary N) is 1. The average Bonchev–Trinajstić information content (AvgIpc) is 2.38. The SMILES string of the molecule is C=CCC(N)C(=O)Nc1ccc(C(=O)O)c(OC)c1. The normalized spacial score (nSPS) is 11.5. The first-order chi connectivity index (χ1) is 8.99. The molecule has 4 N–H and O–H groups in total. The van der Waals surface area contributed by atoms with Crippen molar-refractivity contribution in [3.8, 4) is 5.75 Å². The lowest BCUT2D eigenvalue weighted by Crippen LogP contribution is -2.35. The van der Waals surface area contributed by atoms with Crippen molar-refractivity contribution in [3.63, 3.8) is 0 Å². The zero-order valence-electron chi connectivity index (χ0n) is 10.6. The largest absolute Gasteiger partial charge is 0.496 e. The minimum Gasteiger partial charge on any atom is -0.496 e. The van der Waals surface area contributed by atoms with Gasteiger partial charge >= 0.3 is 5.97 Å². The summed E-state index contributed by atoms with van der Waals surface area (Å²) in [4.78, 5) is 22.6. The molecule has 0 saturated heterocycles. The summed E-state index contributed by atoms with van der Waals surface area (Å²) < 4.78 is 4.96. The van der Waals surface area contributed by atoms with E-state index in [9.17, 15) is 9.59 Å². The Kier molecular flexibility index (Phi) is 5.08. The van der Waals surface area contributed by atoms with E-state index in [4.69, 9.17) is 15.6 Å². The third-order valence-corrected chi connectivity index (χ3v) is 2.46. The number of benzene rings is 1. The highest BCUT2D eigenvalue weighted by Crippen LogP contribution is 2.23. The molecular formula is C13H16N2O4. The average molecular weight is 264 g/mol. The van der Waals surface area contributed by atoms with Crippen LogP contribution in [-0.2, 0) is 4.79 Å². The molecule has 1 unspecified atom stereocenters. The fourth-order valence-corrected chi connectivity index (χ4v) is 1.47. The molecule has 0 saturated carbocycles. The Morgan fingerprint density at radius 2 is 2.26 bits per heavy atom. The fourth-order valence-electron chi connectivity index (χ4n) is 1.47. The van der Waals surface area contributed by atoms with E-state index in [0.717, 1.165) is 0 Å². The van der Waals surface area contributed by atoms with Gasteiger partial charge in [0.25, 0.3) is 0 Å². The van der Waals surface area contributed by atoms with Gasteiger partial charge in [-0.1, -0.05) is 6.08 Å². The maximum Gasteiger partial charge on any atom is 0.339 e. The molecule has 6 nitrogen and oxygen atoms in total. The first kappa shape index (κ1) is 14.7. The fraction of sp³-hybridized carbons (Fsp3) is 0.231. The van der Waals surface area contributed by atoms with Crippen molar-refractivity contribution in [1.29, 1.82) is 0 Å². The molecule has 0 aromatic heterocycles. The Morgan fingerprint density at radius 3 is 2.79 bits per heavy atom. The molecular weight excluding hydrogens is 248 g/mol. The van der Waals surface area contributed by atoms with Gasteiger partial charge in [0, 0.05) is 11.8 Å². The quantitative estimate of drug-likeness (QED) is 0.671. The van der Waals surface area contributed by atoms with Crippen molar-refractivity contribution in [3.05, 3.63) is 36.4 Å². The third-order valence-electron chi connectivity index (χ3n) is 2.46. The van der Waals surface area contributed by atoms with Crippen LogP contribution in [0.4, 0.5) is 5.69 Å². The van der Waals surface area contributed by atoms with E-state index in [0.29, 0.717) is 12.1 Å². The van der Waals surface area contributed by atoms with E-state index >= 15 is 0 Å². The van der Waals surface area contributed by atoms with Gasteiger partial charge in [-0.15, -0.1) is 6.58 Å². The molecule has 19 heavy (non-hydrogen) atoms. The third kappa shape index (κ3) is 3.82. The number of ether oxygens (including phenoxy) is 1. The second-order valence-corrected chi connectivity index (χ2v) is 3.84. The summed E-state index contributed by atoms with van der Waals surface area (Å²) in [5.74, 6) is -1.30. The highest BCUT2D eigenvalue weighted by atomic mass is 16.5. The van der Waals surface area contributed by atoms with Crippen molar-refractivity contribution in [2.75, 3.05) is 12.4 Å². The Morgan fingerprint density at radius 1 is 1.58 bits per heavy atom. The Hall–Kier alpha value is -2.34. The number of hydrogen-bond donors (Lipinski definition) is 3. The molecule has 0 aliphatic carbocycles. The lowest BCUT2D eigenvalue weighted by Gasteiger charge is -2.12. The van der Waals surface area contributed by atoms with E-state index in [1.54, 1.807) is 6.08 Å². The molecule has 0 aliphatic heterocycles. The summed E-state index contributed by atoms with van der Waals surface area (Å²) in [6.07, 6.45) is 1.91. The minimum absolute atomic E-state index is 0.0240. The van der Waals surface area contributed by atoms with Gasteiger partial charge in [0.2, 0.25) is 5.91 Å². The number of anilines is 1. The van der Waals surface area contributed by atoms with Crippen LogP contribution in [0.1, 0.15) is 16.8 Å². The molecule has 1 rings (SSSR count). The van der Waals surface area contributed by atoms with Crippen molar-refractivity contribution >= 4 is 17.6 Å². The number of hydrogen-bond acceptors (Lipinski definition) is 4. The molecule has 102 valence electrons. The first-order valence-corrected chi connectivity index (χ1v) is 5.58. The maximum atomic E-state index is 11.7. The van der Waals surface area contributed by atoms with Crippen LogP contribution in [0.15, 0.2) is 30.9 Å². The second kappa shape index (κ2) is 6.55. The van der Waals surface area contributed by atoms with Crippen LogP contribution in [0.25, 0.3) is 0 Å². The lowest BCUT2D eigenvalue weighted by atomic mass is 10.1. The molecule has 0 fully saturated rings.